The maximum Gasteiger partial charge on any atom is 0.240 e. The molecule has 2 fully saturated rings. The van der Waals surface area contributed by atoms with E-state index in [-0.39, 0.29) is 17.8 Å². The van der Waals surface area contributed by atoms with E-state index in [0.29, 0.717) is 12.5 Å². The number of piperidine rings is 1. The summed E-state index contributed by atoms with van der Waals surface area (Å²) in [6, 6.07) is 8.18. The monoisotopic (exact) mass is 369 g/mol. The van der Waals surface area contributed by atoms with Crippen LogP contribution in [0.1, 0.15) is 31.2 Å². The number of nitrogens with zero attached hydrogens (tertiary/aromatic N) is 3. The summed E-state index contributed by atoms with van der Waals surface area (Å²) < 4.78 is 13.1. The van der Waals surface area contributed by atoms with Gasteiger partial charge in [0.2, 0.25) is 11.9 Å². The topological polar surface area (TPSA) is 70.2 Å². The van der Waals surface area contributed by atoms with Gasteiger partial charge in [-0.15, -0.1) is 0 Å². The molecular weight excluding hydrogens is 345 g/mol. The lowest BCUT2D eigenvalue weighted by Crippen LogP contribution is -2.57. The quantitative estimate of drug-likeness (QED) is 0.847. The molecular formula is C20H24FN5O. The number of fused-ring (bicyclic) bond motifs is 1. The largest absolute Gasteiger partial charge is 0.350 e. The maximum atomic E-state index is 13.2. The highest BCUT2D eigenvalue weighted by Gasteiger charge is 2.51. The van der Waals surface area contributed by atoms with Gasteiger partial charge in [-0.2, -0.15) is 0 Å². The molecule has 6 nitrogen and oxygen atoms in total. The van der Waals surface area contributed by atoms with Gasteiger partial charge in [0, 0.05) is 31.5 Å². The van der Waals surface area contributed by atoms with Gasteiger partial charge in [0.05, 0.1) is 0 Å². The Labute approximate surface area is 158 Å². The highest BCUT2D eigenvalue weighted by molar-refractivity contribution is 5.87. The average molecular weight is 369 g/mol. The van der Waals surface area contributed by atoms with Crippen molar-refractivity contribution >= 4 is 11.9 Å². The van der Waals surface area contributed by atoms with E-state index in [0.717, 1.165) is 44.3 Å². The lowest BCUT2D eigenvalue weighted by atomic mass is 9.84. The molecule has 1 aromatic carbocycles. The second-order valence-corrected chi connectivity index (χ2v) is 7.36. The first-order chi connectivity index (χ1) is 13.2. The summed E-state index contributed by atoms with van der Waals surface area (Å²) in [5.74, 6) is 0.393. The molecule has 2 aliphatic rings. The molecule has 2 N–H and O–H groups in total. The van der Waals surface area contributed by atoms with E-state index in [1.807, 2.05) is 0 Å². The third-order valence-corrected chi connectivity index (χ3v) is 5.59. The van der Waals surface area contributed by atoms with Crippen LogP contribution in [-0.2, 0) is 11.3 Å². The molecule has 0 unspecified atom stereocenters. The Balaban J connectivity index is 1.44. The lowest BCUT2D eigenvalue weighted by Gasteiger charge is -2.40. The minimum Gasteiger partial charge on any atom is -0.350 e. The van der Waals surface area contributed by atoms with Crippen LogP contribution < -0.4 is 10.6 Å². The molecule has 1 amide bonds. The van der Waals surface area contributed by atoms with Crippen LogP contribution in [0.25, 0.3) is 0 Å². The molecule has 2 saturated heterocycles. The molecule has 0 spiro atoms. The van der Waals surface area contributed by atoms with E-state index in [9.17, 15) is 9.18 Å². The van der Waals surface area contributed by atoms with Crippen molar-refractivity contribution in [2.24, 2.45) is 0 Å². The normalized spacial score (nSPS) is 25.0. The second-order valence-electron chi connectivity index (χ2n) is 7.36. The van der Waals surface area contributed by atoms with Gasteiger partial charge in [-0.25, -0.2) is 14.4 Å². The van der Waals surface area contributed by atoms with Gasteiger partial charge in [-0.05, 0) is 56.0 Å². The molecule has 0 aliphatic carbocycles. The third-order valence-electron chi connectivity index (χ3n) is 5.59. The summed E-state index contributed by atoms with van der Waals surface area (Å²) in [6.07, 6.45) is 7.18. The third kappa shape index (κ3) is 3.78. The Bertz CT molecular complexity index is 785. The lowest BCUT2D eigenvalue weighted by molar-refractivity contribution is -0.134. The fraction of sp³-hybridized carbons (Fsp3) is 0.450. The fourth-order valence-corrected chi connectivity index (χ4v) is 4.28. The highest BCUT2D eigenvalue weighted by Crippen LogP contribution is 2.38. The van der Waals surface area contributed by atoms with Gasteiger partial charge >= 0.3 is 0 Å². The molecule has 2 atom stereocenters. The van der Waals surface area contributed by atoms with E-state index < -0.39 is 5.54 Å². The van der Waals surface area contributed by atoms with Crippen molar-refractivity contribution in [2.45, 2.75) is 43.8 Å². The number of hydrogen-bond acceptors (Lipinski definition) is 5. The predicted molar refractivity (Wildman–Crippen MR) is 100 cm³/mol. The fourth-order valence-electron chi connectivity index (χ4n) is 4.28. The van der Waals surface area contributed by atoms with Gasteiger partial charge < -0.3 is 10.6 Å². The molecule has 2 aliphatic heterocycles. The number of benzene rings is 1. The van der Waals surface area contributed by atoms with E-state index in [1.165, 1.54) is 12.1 Å². The second kappa shape index (κ2) is 7.60. The van der Waals surface area contributed by atoms with Crippen LogP contribution in [0.5, 0.6) is 0 Å². The van der Waals surface area contributed by atoms with Crippen LogP contribution in [0.3, 0.4) is 0 Å². The van der Waals surface area contributed by atoms with Crippen molar-refractivity contribution in [3.63, 3.8) is 0 Å². The molecule has 1 aromatic heterocycles. The summed E-state index contributed by atoms with van der Waals surface area (Å²) in [4.78, 5) is 23.9. The first kappa shape index (κ1) is 17.9. The summed E-state index contributed by atoms with van der Waals surface area (Å²) in [6.45, 7) is 2.15. The summed E-state index contributed by atoms with van der Waals surface area (Å²) in [5.41, 5.74) is 0.416. The molecule has 142 valence electrons. The van der Waals surface area contributed by atoms with E-state index in [4.69, 9.17) is 0 Å². The molecule has 2 aromatic rings. The number of aromatic nitrogens is 2. The summed E-state index contributed by atoms with van der Waals surface area (Å²) in [5, 5.41) is 6.44. The van der Waals surface area contributed by atoms with Crippen molar-refractivity contribution in [1.82, 2.24) is 20.2 Å². The van der Waals surface area contributed by atoms with Crippen molar-refractivity contribution in [2.75, 3.05) is 18.4 Å². The summed E-state index contributed by atoms with van der Waals surface area (Å²) >= 11 is 0. The zero-order chi connectivity index (χ0) is 18.7. The van der Waals surface area contributed by atoms with Crippen LogP contribution in [0.15, 0.2) is 42.7 Å². The number of nitrogens with one attached hydrogen (secondary N) is 2. The van der Waals surface area contributed by atoms with Crippen LogP contribution >= 0.6 is 0 Å². The number of rotatable bonds is 5. The Morgan fingerprint density at radius 1 is 1.22 bits per heavy atom. The van der Waals surface area contributed by atoms with E-state index in [1.54, 1.807) is 30.6 Å². The zero-order valence-electron chi connectivity index (χ0n) is 15.2. The van der Waals surface area contributed by atoms with Gasteiger partial charge in [0.25, 0.3) is 0 Å². The number of amides is 1. The molecule has 0 saturated carbocycles. The predicted octanol–water partition coefficient (Wildman–Crippen LogP) is 2.34. The molecule has 7 heteroatoms. The molecule has 4 rings (SSSR count). The minimum absolute atomic E-state index is 0.0600. The Morgan fingerprint density at radius 3 is 2.78 bits per heavy atom. The van der Waals surface area contributed by atoms with Crippen molar-refractivity contribution in [3.05, 3.63) is 54.1 Å². The van der Waals surface area contributed by atoms with Gasteiger partial charge in [0.1, 0.15) is 11.4 Å². The molecule has 0 radical (unpaired) electrons. The molecule has 27 heavy (non-hydrogen) atoms. The first-order valence-corrected chi connectivity index (χ1v) is 9.47. The Hall–Kier alpha value is -2.54. The zero-order valence-corrected chi connectivity index (χ0v) is 15.2. The number of carbonyl (C=O) groups is 1. The van der Waals surface area contributed by atoms with Crippen LogP contribution in [0, 0.1) is 5.82 Å². The van der Waals surface area contributed by atoms with E-state index in [2.05, 4.69) is 25.5 Å². The van der Waals surface area contributed by atoms with Crippen LogP contribution in [0.2, 0.25) is 0 Å². The molecule has 0 bridgehead atoms. The smallest absolute Gasteiger partial charge is 0.240 e. The maximum absolute atomic E-state index is 13.2. The van der Waals surface area contributed by atoms with Crippen LogP contribution in [0.4, 0.5) is 10.3 Å². The highest BCUT2D eigenvalue weighted by atomic mass is 19.1. The first-order valence-electron chi connectivity index (χ1n) is 9.47. The van der Waals surface area contributed by atoms with Gasteiger partial charge in [-0.3, -0.25) is 9.69 Å². The number of hydrogen-bond donors (Lipinski definition) is 2. The van der Waals surface area contributed by atoms with E-state index >= 15 is 0 Å². The van der Waals surface area contributed by atoms with Crippen molar-refractivity contribution in [1.29, 1.82) is 0 Å². The number of anilines is 1. The number of carbonyl (C=O) groups excluding carboxylic acids is 1. The Kier molecular flexibility index (Phi) is 5.03. The van der Waals surface area contributed by atoms with Crippen molar-refractivity contribution in [3.8, 4) is 0 Å². The SMILES string of the molecule is O=C(NCc1ccc(F)cc1)[C@@]12CCCCN1C[C@@H](Nc1ncccn1)C2. The van der Waals surface area contributed by atoms with Crippen LogP contribution in [-0.4, -0.2) is 45.4 Å². The minimum atomic E-state index is -0.481. The average Bonchev–Trinajstić information content (AvgIpc) is 3.07. The van der Waals surface area contributed by atoms with Crippen molar-refractivity contribution < 1.29 is 9.18 Å². The summed E-state index contributed by atoms with van der Waals surface area (Å²) in [7, 11) is 0. The standard InChI is InChI=1S/C20H24FN5O/c21-16-6-4-15(5-7-16)13-24-18(27)20-8-1-2-11-26(20)14-17(12-20)25-19-22-9-3-10-23-19/h3-7,9-10,17H,1-2,8,11-14H2,(H,24,27)(H,22,23,25)/t17-,20-/m0/s1. The molecule has 3 heterocycles. The number of halogens is 1. The Morgan fingerprint density at radius 2 is 2.00 bits per heavy atom. The van der Waals surface area contributed by atoms with Gasteiger partial charge in [0.15, 0.2) is 0 Å². The van der Waals surface area contributed by atoms with Gasteiger partial charge in [-0.1, -0.05) is 12.1 Å².